The van der Waals surface area contributed by atoms with Crippen LogP contribution in [0.2, 0.25) is 0 Å². The van der Waals surface area contributed by atoms with Gasteiger partial charge in [-0.05, 0) is 30.2 Å². The molecule has 1 aromatic heterocycles. The summed E-state index contributed by atoms with van der Waals surface area (Å²) in [6.07, 6.45) is 2.57. The van der Waals surface area contributed by atoms with Crippen molar-refractivity contribution in [3.05, 3.63) is 36.0 Å². The fourth-order valence-electron chi connectivity index (χ4n) is 2.46. The van der Waals surface area contributed by atoms with Crippen molar-refractivity contribution in [3.8, 4) is 0 Å². The highest BCUT2D eigenvalue weighted by Gasteiger charge is 2.28. The summed E-state index contributed by atoms with van der Waals surface area (Å²) in [6.45, 7) is 0. The summed E-state index contributed by atoms with van der Waals surface area (Å²) in [5.41, 5.74) is 8.10. The van der Waals surface area contributed by atoms with Crippen LogP contribution in [-0.2, 0) is 9.59 Å². The number of nitrogens with two attached hydrogens (primary N) is 1. The van der Waals surface area contributed by atoms with E-state index in [2.05, 4.69) is 10.3 Å². The summed E-state index contributed by atoms with van der Waals surface area (Å²) >= 11 is 0. The lowest BCUT2D eigenvalue weighted by Crippen LogP contribution is -2.39. The Kier molecular flexibility index (Phi) is 2.67. The first kappa shape index (κ1) is 11.6. The zero-order valence-electron chi connectivity index (χ0n) is 10.2. The third kappa shape index (κ3) is 2.03. The van der Waals surface area contributed by atoms with Crippen molar-refractivity contribution < 1.29 is 9.59 Å². The number of imide groups is 1. The van der Waals surface area contributed by atoms with Crippen LogP contribution < -0.4 is 11.1 Å². The Morgan fingerprint density at radius 3 is 2.95 bits per heavy atom. The molecule has 1 aliphatic heterocycles. The van der Waals surface area contributed by atoms with Crippen LogP contribution in [0.15, 0.2) is 30.5 Å². The molecule has 5 heteroatoms. The maximum Gasteiger partial charge on any atom is 0.234 e. The number of nitrogens with one attached hydrogen (secondary N) is 1. The number of hydrogen-bond donors (Lipinski definition) is 2. The third-order valence-electron chi connectivity index (χ3n) is 3.40. The van der Waals surface area contributed by atoms with E-state index in [0.717, 1.165) is 16.5 Å². The number of benzene rings is 1. The van der Waals surface area contributed by atoms with Crippen LogP contribution in [0.25, 0.3) is 10.9 Å². The van der Waals surface area contributed by atoms with E-state index in [1.165, 1.54) is 0 Å². The number of carbonyl (C=O) groups is 2. The molecule has 2 heterocycles. The van der Waals surface area contributed by atoms with Gasteiger partial charge in [-0.15, -0.1) is 0 Å². The number of anilines is 1. The molecule has 2 amide bonds. The molecule has 19 heavy (non-hydrogen) atoms. The lowest BCUT2D eigenvalue weighted by molar-refractivity contribution is -0.134. The van der Waals surface area contributed by atoms with Crippen molar-refractivity contribution in [1.29, 1.82) is 0 Å². The van der Waals surface area contributed by atoms with Gasteiger partial charge in [0.2, 0.25) is 11.8 Å². The average molecular weight is 255 g/mol. The van der Waals surface area contributed by atoms with Crippen LogP contribution in [0.5, 0.6) is 0 Å². The van der Waals surface area contributed by atoms with Gasteiger partial charge >= 0.3 is 0 Å². The van der Waals surface area contributed by atoms with Gasteiger partial charge in [0, 0.05) is 18.0 Å². The number of carbonyl (C=O) groups excluding carboxylic acids is 2. The first-order valence-corrected chi connectivity index (χ1v) is 6.13. The summed E-state index contributed by atoms with van der Waals surface area (Å²) in [6, 6.07) is 7.43. The normalized spacial score (nSPS) is 19.5. The highest BCUT2D eigenvalue weighted by molar-refractivity contribution is 6.01. The molecule has 3 N–H and O–H groups in total. The second-order valence-electron chi connectivity index (χ2n) is 4.69. The Morgan fingerprint density at radius 1 is 1.32 bits per heavy atom. The number of piperidine rings is 1. The molecule has 1 aromatic carbocycles. The number of nitrogen functional groups attached to an aromatic ring is 1. The van der Waals surface area contributed by atoms with Crippen LogP contribution in [0.1, 0.15) is 24.3 Å². The van der Waals surface area contributed by atoms with E-state index in [4.69, 9.17) is 5.73 Å². The highest BCUT2D eigenvalue weighted by atomic mass is 16.2. The summed E-state index contributed by atoms with van der Waals surface area (Å²) in [5, 5.41) is 3.27. The van der Waals surface area contributed by atoms with Gasteiger partial charge in [-0.3, -0.25) is 19.9 Å². The Morgan fingerprint density at radius 2 is 2.16 bits per heavy atom. The summed E-state index contributed by atoms with van der Waals surface area (Å²) < 4.78 is 0. The third-order valence-corrected chi connectivity index (χ3v) is 3.40. The van der Waals surface area contributed by atoms with Gasteiger partial charge < -0.3 is 5.73 Å². The Balaban J connectivity index is 2.06. The maximum absolute atomic E-state index is 11.9. The molecule has 1 saturated heterocycles. The molecular weight excluding hydrogens is 242 g/mol. The van der Waals surface area contributed by atoms with Gasteiger partial charge in [-0.25, -0.2) is 0 Å². The molecule has 3 rings (SSSR count). The van der Waals surface area contributed by atoms with Gasteiger partial charge in [-0.1, -0.05) is 6.07 Å². The number of pyridine rings is 1. The minimum atomic E-state index is -0.315. The predicted molar refractivity (Wildman–Crippen MR) is 71.3 cm³/mol. The fourth-order valence-corrected chi connectivity index (χ4v) is 2.46. The Labute approximate surface area is 109 Å². The van der Waals surface area contributed by atoms with E-state index in [9.17, 15) is 9.59 Å². The van der Waals surface area contributed by atoms with Crippen molar-refractivity contribution in [2.24, 2.45) is 0 Å². The van der Waals surface area contributed by atoms with E-state index in [1.54, 1.807) is 12.3 Å². The van der Waals surface area contributed by atoms with Gasteiger partial charge in [0.25, 0.3) is 0 Å². The van der Waals surface area contributed by atoms with E-state index in [0.29, 0.717) is 18.5 Å². The average Bonchev–Trinajstić information content (AvgIpc) is 2.38. The zero-order valence-corrected chi connectivity index (χ0v) is 10.2. The van der Waals surface area contributed by atoms with Gasteiger partial charge in [0.1, 0.15) is 0 Å². The van der Waals surface area contributed by atoms with Gasteiger partial charge in [0.05, 0.1) is 17.1 Å². The maximum atomic E-state index is 11.9. The van der Waals surface area contributed by atoms with Gasteiger partial charge in [-0.2, -0.15) is 0 Å². The molecule has 5 nitrogen and oxygen atoms in total. The Bertz CT molecular complexity index is 681. The largest absolute Gasteiger partial charge is 0.397 e. The monoisotopic (exact) mass is 255 g/mol. The quantitative estimate of drug-likeness (QED) is 0.594. The fraction of sp³-hybridized carbons (Fsp3) is 0.214. The molecule has 0 aliphatic carbocycles. The minimum absolute atomic E-state index is 0.211. The second-order valence-corrected chi connectivity index (χ2v) is 4.69. The minimum Gasteiger partial charge on any atom is -0.397 e. The van der Waals surface area contributed by atoms with E-state index in [-0.39, 0.29) is 17.7 Å². The van der Waals surface area contributed by atoms with Crippen LogP contribution in [0, 0.1) is 0 Å². The van der Waals surface area contributed by atoms with E-state index < -0.39 is 0 Å². The van der Waals surface area contributed by atoms with Crippen molar-refractivity contribution >= 4 is 28.4 Å². The van der Waals surface area contributed by atoms with Crippen molar-refractivity contribution in [2.45, 2.75) is 18.8 Å². The number of rotatable bonds is 1. The first-order valence-electron chi connectivity index (χ1n) is 6.13. The molecular formula is C14H13N3O2. The lowest BCUT2D eigenvalue weighted by atomic mass is 9.89. The summed E-state index contributed by atoms with van der Waals surface area (Å²) in [5.74, 6) is -0.778. The number of nitrogens with zero attached hydrogens (tertiary/aromatic N) is 1. The molecule has 1 aliphatic rings. The molecule has 96 valence electrons. The first-order chi connectivity index (χ1) is 9.15. The number of amides is 2. The lowest BCUT2D eigenvalue weighted by Gasteiger charge is -2.21. The van der Waals surface area contributed by atoms with Crippen LogP contribution in [-0.4, -0.2) is 16.8 Å². The summed E-state index contributed by atoms with van der Waals surface area (Å²) in [7, 11) is 0. The SMILES string of the molecule is Nc1cc(C2CCC(=O)NC2=O)cc2cccnc12. The topological polar surface area (TPSA) is 85.1 Å². The van der Waals surface area contributed by atoms with E-state index >= 15 is 0 Å². The van der Waals surface area contributed by atoms with Crippen LogP contribution in [0.3, 0.4) is 0 Å². The molecule has 0 saturated carbocycles. The molecule has 1 unspecified atom stereocenters. The van der Waals surface area contributed by atoms with Crippen molar-refractivity contribution in [2.75, 3.05) is 5.73 Å². The van der Waals surface area contributed by atoms with Crippen LogP contribution >= 0.6 is 0 Å². The number of aromatic nitrogens is 1. The molecule has 1 fully saturated rings. The highest BCUT2D eigenvalue weighted by Crippen LogP contribution is 2.30. The molecule has 0 bridgehead atoms. The smallest absolute Gasteiger partial charge is 0.234 e. The molecule has 2 aromatic rings. The number of hydrogen-bond acceptors (Lipinski definition) is 4. The van der Waals surface area contributed by atoms with Crippen molar-refractivity contribution in [3.63, 3.8) is 0 Å². The standard InChI is InChI=1S/C14H13N3O2/c15-11-7-9(6-8-2-1-5-16-13(8)11)10-3-4-12(18)17-14(10)19/h1-2,5-7,10H,3-4,15H2,(H,17,18,19). The molecule has 1 atom stereocenters. The zero-order chi connectivity index (χ0) is 13.4. The second kappa shape index (κ2) is 4.35. The van der Waals surface area contributed by atoms with E-state index in [1.807, 2.05) is 18.2 Å². The predicted octanol–water partition coefficient (Wildman–Crippen LogP) is 1.34. The van der Waals surface area contributed by atoms with Crippen LogP contribution in [0.4, 0.5) is 5.69 Å². The number of fused-ring (bicyclic) bond motifs is 1. The molecule has 0 spiro atoms. The Hall–Kier alpha value is -2.43. The molecule has 0 radical (unpaired) electrons. The summed E-state index contributed by atoms with van der Waals surface area (Å²) in [4.78, 5) is 27.2. The van der Waals surface area contributed by atoms with Gasteiger partial charge in [0.15, 0.2) is 0 Å². The van der Waals surface area contributed by atoms with Crippen molar-refractivity contribution in [1.82, 2.24) is 10.3 Å².